The summed E-state index contributed by atoms with van der Waals surface area (Å²) in [6, 6.07) is 0. The van der Waals surface area contributed by atoms with Crippen molar-refractivity contribution in [2.45, 2.75) is 89.2 Å². The van der Waals surface area contributed by atoms with E-state index in [-0.39, 0.29) is 31.5 Å². The van der Waals surface area contributed by atoms with Gasteiger partial charge in [-0.3, -0.25) is 18.4 Å². The number of carbonyl (C=O) groups is 1. The first kappa shape index (κ1) is 38.4. The summed E-state index contributed by atoms with van der Waals surface area (Å²) in [4.78, 5) is 12.9. The lowest BCUT2D eigenvalue weighted by Gasteiger charge is -2.31. The van der Waals surface area contributed by atoms with Gasteiger partial charge in [0.1, 0.15) is 25.2 Å². The molecule has 0 unspecified atom stereocenters. The molecule has 2 aliphatic heterocycles. The highest BCUT2D eigenvalue weighted by Gasteiger charge is 2.41. The molecule has 2 aliphatic rings. The van der Waals surface area contributed by atoms with E-state index in [0.717, 1.165) is 5.57 Å². The second-order valence-electron chi connectivity index (χ2n) is 10.3. The van der Waals surface area contributed by atoms with Crippen LogP contribution in [-0.4, -0.2) is 95.0 Å². The van der Waals surface area contributed by atoms with E-state index in [0.29, 0.717) is 19.4 Å². The van der Waals surface area contributed by atoms with Gasteiger partial charge >= 0.3 is 25.9 Å². The van der Waals surface area contributed by atoms with Crippen LogP contribution >= 0.6 is 7.60 Å². The van der Waals surface area contributed by atoms with Crippen molar-refractivity contribution in [3.05, 3.63) is 36.0 Å². The summed E-state index contributed by atoms with van der Waals surface area (Å²) in [5.74, 6) is -1.45. The van der Waals surface area contributed by atoms with Crippen LogP contribution in [0.5, 0.6) is 0 Å². The number of rotatable bonds is 16. The minimum atomic E-state index is -5.26. The van der Waals surface area contributed by atoms with Crippen molar-refractivity contribution >= 4 is 13.6 Å². The maximum atomic E-state index is 12.9. The largest absolute Gasteiger partial charge is 0.458 e. The van der Waals surface area contributed by atoms with E-state index in [1.165, 1.54) is 13.2 Å². The molecule has 10 nitrogen and oxygen atoms in total. The topological polar surface area (TPSA) is 108 Å². The molecule has 0 aromatic rings. The first-order valence-electron chi connectivity index (χ1n) is 13.7. The lowest BCUT2D eigenvalue weighted by molar-refractivity contribution is -0.210. The molecule has 0 aromatic carbocycles. The normalized spacial score (nSPS) is 25.3. The van der Waals surface area contributed by atoms with Gasteiger partial charge in [-0.15, -0.1) is 0 Å². The predicted molar refractivity (Wildman–Crippen MR) is 144 cm³/mol. The molecular weight excluding hydrogens is 629 g/mol. The number of methoxy groups -OCH3 is 1. The van der Waals surface area contributed by atoms with E-state index in [9.17, 15) is 35.7 Å². The van der Waals surface area contributed by atoms with Crippen LogP contribution in [0.25, 0.3) is 0 Å². The molecule has 2 heterocycles. The molecule has 0 radical (unpaired) electrons. The van der Waals surface area contributed by atoms with E-state index in [1.807, 2.05) is 26.8 Å². The number of halogens is 6. The molecule has 0 aliphatic carbocycles. The van der Waals surface area contributed by atoms with Crippen LogP contribution in [0.4, 0.5) is 26.3 Å². The number of hydrogen-bond acceptors (Lipinski definition) is 10. The Morgan fingerprint density at radius 2 is 1.68 bits per heavy atom. The van der Waals surface area contributed by atoms with Crippen molar-refractivity contribution < 1.29 is 73.2 Å². The zero-order chi connectivity index (χ0) is 33.0. The fourth-order valence-electron chi connectivity index (χ4n) is 4.13. The number of ether oxygens (including phenoxy) is 6. The quantitative estimate of drug-likeness (QED) is 0.0638. The minimum Gasteiger partial charge on any atom is -0.458 e. The Bertz CT molecular complexity index is 1000. The third-order valence-electron chi connectivity index (χ3n) is 6.04. The number of hydrogen-bond donors (Lipinski definition) is 0. The van der Waals surface area contributed by atoms with Gasteiger partial charge in [-0.2, -0.15) is 26.3 Å². The van der Waals surface area contributed by atoms with E-state index < -0.39 is 63.8 Å². The summed E-state index contributed by atoms with van der Waals surface area (Å²) < 4.78 is 131. The summed E-state index contributed by atoms with van der Waals surface area (Å²) >= 11 is 0. The molecule has 5 atom stereocenters. The van der Waals surface area contributed by atoms with Crippen LogP contribution in [0, 0.1) is 0 Å². The standard InChI is InChI=1S/C27H39F6O10P/c1-18-10-11-37-21(12-18)8-9-22(38-17-36-4)23(6-5-7-25-41-19(2)13-20(3)42-25)43-24(34)14-44(35,39-15-26(28,29)30)40-16-27(31,32)33/h5,7-10,19-23,25H,6,11-17H2,1-4H3/b7-5+,9-8+/t19-,20-,21-,22+,23+/m1/s1. The Kier molecular flexibility index (Phi) is 15.5. The molecule has 1 saturated heterocycles. The third kappa shape index (κ3) is 16.0. The molecule has 0 N–H and O–H groups in total. The first-order valence-corrected chi connectivity index (χ1v) is 15.4. The first-order chi connectivity index (χ1) is 20.5. The van der Waals surface area contributed by atoms with Crippen molar-refractivity contribution in [2.75, 3.05) is 39.9 Å². The number of alkyl halides is 6. The zero-order valence-corrected chi connectivity index (χ0v) is 25.7. The smallest absolute Gasteiger partial charge is 0.412 e. The molecule has 0 saturated carbocycles. The Balaban J connectivity index is 2.27. The fraction of sp³-hybridized carbons (Fsp3) is 0.741. The van der Waals surface area contributed by atoms with Crippen LogP contribution in [-0.2, 0) is 46.8 Å². The second kappa shape index (κ2) is 17.8. The van der Waals surface area contributed by atoms with Crippen LogP contribution in [0.3, 0.4) is 0 Å². The van der Waals surface area contributed by atoms with Crippen molar-refractivity contribution in [3.8, 4) is 0 Å². The van der Waals surface area contributed by atoms with Gasteiger partial charge in [-0.05, 0) is 39.7 Å². The van der Waals surface area contributed by atoms with Crippen molar-refractivity contribution in [1.82, 2.24) is 0 Å². The molecule has 0 aromatic heterocycles. The molecular formula is C27H39F6O10P. The average molecular weight is 669 g/mol. The highest BCUT2D eigenvalue weighted by Crippen LogP contribution is 2.50. The average Bonchev–Trinajstić information content (AvgIpc) is 2.89. The maximum Gasteiger partial charge on any atom is 0.412 e. The van der Waals surface area contributed by atoms with E-state index in [4.69, 9.17) is 28.4 Å². The summed E-state index contributed by atoms with van der Waals surface area (Å²) in [5, 5.41) is 0. The lowest BCUT2D eigenvalue weighted by Crippen LogP contribution is -2.35. The van der Waals surface area contributed by atoms with Gasteiger partial charge in [-0.1, -0.05) is 29.9 Å². The van der Waals surface area contributed by atoms with Gasteiger partial charge in [0.25, 0.3) is 0 Å². The number of esters is 1. The SMILES string of the molecule is COCO[C@@H](/C=C/[C@@H]1CC(C)=CCO1)[C@H](C/C=C/C1O[C@H](C)C[C@@H](C)O1)OC(=O)CP(=O)(OCC(F)(F)F)OCC(F)(F)F. The van der Waals surface area contributed by atoms with Gasteiger partial charge in [0.05, 0.1) is 24.9 Å². The van der Waals surface area contributed by atoms with Crippen LogP contribution in [0.2, 0.25) is 0 Å². The van der Waals surface area contributed by atoms with Crippen molar-refractivity contribution in [2.24, 2.45) is 0 Å². The second-order valence-corrected chi connectivity index (χ2v) is 12.3. The van der Waals surface area contributed by atoms with Crippen LogP contribution in [0.15, 0.2) is 36.0 Å². The minimum absolute atomic E-state index is 0.0853. The monoisotopic (exact) mass is 668 g/mol. The van der Waals surface area contributed by atoms with Gasteiger partial charge in [0, 0.05) is 13.5 Å². The molecule has 0 bridgehead atoms. The highest BCUT2D eigenvalue weighted by molar-refractivity contribution is 7.54. The summed E-state index contributed by atoms with van der Waals surface area (Å²) in [7, 11) is -3.92. The van der Waals surface area contributed by atoms with Crippen molar-refractivity contribution in [1.29, 1.82) is 0 Å². The van der Waals surface area contributed by atoms with Crippen molar-refractivity contribution in [3.63, 3.8) is 0 Å². The predicted octanol–water partition coefficient (Wildman–Crippen LogP) is 6.02. The summed E-state index contributed by atoms with van der Waals surface area (Å²) in [6.07, 6.45) is -5.82. The molecule has 17 heteroatoms. The summed E-state index contributed by atoms with van der Waals surface area (Å²) in [5.41, 5.74) is 1.08. The maximum absolute atomic E-state index is 12.9. The zero-order valence-electron chi connectivity index (χ0n) is 24.8. The molecule has 0 amide bonds. The summed E-state index contributed by atoms with van der Waals surface area (Å²) in [6.45, 7) is 1.34. The van der Waals surface area contributed by atoms with Gasteiger partial charge in [0.2, 0.25) is 0 Å². The van der Waals surface area contributed by atoms with E-state index >= 15 is 0 Å². The lowest BCUT2D eigenvalue weighted by atomic mass is 10.0. The molecule has 254 valence electrons. The van der Waals surface area contributed by atoms with Gasteiger partial charge in [0.15, 0.2) is 19.5 Å². The van der Waals surface area contributed by atoms with E-state index in [1.54, 1.807) is 18.2 Å². The molecule has 44 heavy (non-hydrogen) atoms. The highest BCUT2D eigenvalue weighted by atomic mass is 31.2. The molecule has 0 spiro atoms. The van der Waals surface area contributed by atoms with E-state index in [2.05, 4.69) is 9.05 Å². The fourth-order valence-corrected chi connectivity index (χ4v) is 5.47. The molecule has 2 rings (SSSR count). The van der Waals surface area contributed by atoms with Gasteiger partial charge in [-0.25, -0.2) is 0 Å². The Morgan fingerprint density at radius 3 is 2.23 bits per heavy atom. The van der Waals surface area contributed by atoms with Crippen LogP contribution < -0.4 is 0 Å². The third-order valence-corrected chi connectivity index (χ3v) is 7.73. The Labute approximate surface area is 252 Å². The number of carbonyl (C=O) groups excluding carboxylic acids is 1. The Hall–Kier alpha value is -1.78. The van der Waals surface area contributed by atoms with Crippen LogP contribution in [0.1, 0.15) is 40.0 Å². The molecule has 1 fully saturated rings. The van der Waals surface area contributed by atoms with Gasteiger partial charge < -0.3 is 28.4 Å². The Morgan fingerprint density at radius 1 is 1.07 bits per heavy atom.